The standard InChI is InChI=1S/C17H31F3N4.HI/c1-3-21-16(22-9-7-14-5-6-14)24-10-8-15(12-24)11-23(4-2)13-17(18,19)20;/h14-15H,3-13H2,1-2H3,(H,21,22);1H. The summed E-state index contributed by atoms with van der Waals surface area (Å²) in [5.41, 5.74) is 0. The number of guanidine groups is 1. The van der Waals surface area contributed by atoms with Crippen LogP contribution in [0.25, 0.3) is 0 Å². The van der Waals surface area contributed by atoms with Crippen LogP contribution in [0.2, 0.25) is 0 Å². The second-order valence-electron chi connectivity index (χ2n) is 7.01. The highest BCUT2D eigenvalue weighted by Crippen LogP contribution is 2.32. The maximum atomic E-state index is 12.6. The Morgan fingerprint density at radius 3 is 2.48 bits per heavy atom. The van der Waals surface area contributed by atoms with Crippen molar-refractivity contribution in [3.63, 3.8) is 0 Å². The van der Waals surface area contributed by atoms with E-state index >= 15 is 0 Å². The number of hydrogen-bond donors (Lipinski definition) is 1. The second-order valence-corrected chi connectivity index (χ2v) is 7.01. The Bertz CT molecular complexity index is 413. The van der Waals surface area contributed by atoms with E-state index in [2.05, 4.69) is 10.2 Å². The topological polar surface area (TPSA) is 30.9 Å². The average molecular weight is 476 g/mol. The van der Waals surface area contributed by atoms with Crippen molar-refractivity contribution in [3.8, 4) is 0 Å². The second kappa shape index (κ2) is 10.8. The minimum atomic E-state index is -4.12. The highest BCUT2D eigenvalue weighted by Gasteiger charge is 2.33. The van der Waals surface area contributed by atoms with Crippen molar-refractivity contribution < 1.29 is 13.2 Å². The molecule has 0 amide bonds. The van der Waals surface area contributed by atoms with Crippen LogP contribution in [0.3, 0.4) is 0 Å². The third-order valence-corrected chi connectivity index (χ3v) is 4.78. The summed E-state index contributed by atoms with van der Waals surface area (Å²) in [7, 11) is 0. The van der Waals surface area contributed by atoms with Gasteiger partial charge in [0.2, 0.25) is 0 Å². The van der Waals surface area contributed by atoms with E-state index in [-0.39, 0.29) is 29.9 Å². The third kappa shape index (κ3) is 8.79. The van der Waals surface area contributed by atoms with Gasteiger partial charge in [0.1, 0.15) is 0 Å². The number of rotatable bonds is 8. The van der Waals surface area contributed by atoms with Gasteiger partial charge in [0.05, 0.1) is 6.54 Å². The lowest BCUT2D eigenvalue weighted by atomic mass is 10.1. The molecular formula is C17H32F3IN4. The summed E-state index contributed by atoms with van der Waals surface area (Å²) in [5, 5.41) is 3.33. The van der Waals surface area contributed by atoms with Crippen molar-refractivity contribution in [3.05, 3.63) is 0 Å². The number of nitrogens with one attached hydrogen (secondary N) is 1. The predicted octanol–water partition coefficient (Wildman–Crippen LogP) is 3.58. The molecule has 1 heterocycles. The van der Waals surface area contributed by atoms with Crippen molar-refractivity contribution in [1.82, 2.24) is 15.1 Å². The Hall–Kier alpha value is -0.250. The molecule has 1 aliphatic heterocycles. The normalized spacial score (nSPS) is 21.6. The van der Waals surface area contributed by atoms with Crippen molar-refractivity contribution in [2.24, 2.45) is 16.8 Å². The molecule has 2 fully saturated rings. The fourth-order valence-electron chi connectivity index (χ4n) is 3.28. The van der Waals surface area contributed by atoms with Gasteiger partial charge >= 0.3 is 6.18 Å². The van der Waals surface area contributed by atoms with Crippen LogP contribution in [0.4, 0.5) is 13.2 Å². The summed E-state index contributed by atoms with van der Waals surface area (Å²) in [5.74, 6) is 2.07. The maximum absolute atomic E-state index is 12.6. The van der Waals surface area contributed by atoms with E-state index in [1.54, 1.807) is 6.92 Å². The van der Waals surface area contributed by atoms with Crippen molar-refractivity contribution in [2.75, 3.05) is 45.8 Å². The molecule has 1 aliphatic carbocycles. The zero-order valence-corrected chi connectivity index (χ0v) is 17.6. The smallest absolute Gasteiger partial charge is 0.357 e. The lowest BCUT2D eigenvalue weighted by Crippen LogP contribution is -2.42. The minimum Gasteiger partial charge on any atom is -0.357 e. The van der Waals surface area contributed by atoms with Crippen molar-refractivity contribution >= 4 is 29.9 Å². The van der Waals surface area contributed by atoms with Crippen LogP contribution in [0, 0.1) is 11.8 Å². The molecule has 4 nitrogen and oxygen atoms in total. The van der Waals surface area contributed by atoms with E-state index < -0.39 is 12.7 Å². The van der Waals surface area contributed by atoms with E-state index in [4.69, 9.17) is 4.99 Å². The fraction of sp³-hybridized carbons (Fsp3) is 0.941. The van der Waals surface area contributed by atoms with Gasteiger partial charge in [-0.2, -0.15) is 13.2 Å². The van der Waals surface area contributed by atoms with Gasteiger partial charge in [-0.25, -0.2) is 0 Å². The first kappa shape index (κ1) is 22.8. The zero-order chi connectivity index (χ0) is 17.6. The molecule has 1 saturated carbocycles. The van der Waals surface area contributed by atoms with Gasteiger partial charge in [0.15, 0.2) is 5.96 Å². The number of aliphatic imine (C=N–C) groups is 1. The van der Waals surface area contributed by atoms with Crippen LogP contribution >= 0.6 is 24.0 Å². The monoisotopic (exact) mass is 476 g/mol. The summed E-state index contributed by atoms with van der Waals surface area (Å²) in [4.78, 5) is 8.42. The quantitative estimate of drug-likeness (QED) is 0.330. The highest BCUT2D eigenvalue weighted by atomic mass is 127. The van der Waals surface area contributed by atoms with E-state index in [0.29, 0.717) is 13.1 Å². The summed E-state index contributed by atoms with van der Waals surface area (Å²) >= 11 is 0. The molecule has 25 heavy (non-hydrogen) atoms. The molecule has 1 unspecified atom stereocenters. The number of nitrogens with zero attached hydrogens (tertiary/aromatic N) is 3. The molecule has 0 aromatic rings. The molecule has 0 aromatic heterocycles. The Labute approximate surface area is 166 Å². The average Bonchev–Trinajstić information content (AvgIpc) is 3.21. The van der Waals surface area contributed by atoms with Gasteiger partial charge in [-0.05, 0) is 38.1 Å². The Balaban J connectivity index is 0.00000312. The molecule has 1 N–H and O–H groups in total. The summed E-state index contributed by atoms with van der Waals surface area (Å²) < 4.78 is 37.8. The lowest BCUT2D eigenvalue weighted by Gasteiger charge is -2.26. The highest BCUT2D eigenvalue weighted by molar-refractivity contribution is 14.0. The van der Waals surface area contributed by atoms with Crippen LogP contribution in [-0.2, 0) is 0 Å². The first-order chi connectivity index (χ1) is 11.4. The van der Waals surface area contributed by atoms with E-state index in [0.717, 1.165) is 50.9 Å². The largest absolute Gasteiger partial charge is 0.401 e. The lowest BCUT2D eigenvalue weighted by molar-refractivity contribution is -0.146. The van der Waals surface area contributed by atoms with Gasteiger partial charge in [-0.15, -0.1) is 24.0 Å². The number of alkyl halides is 3. The van der Waals surface area contributed by atoms with Gasteiger partial charge < -0.3 is 10.2 Å². The Morgan fingerprint density at radius 2 is 1.92 bits per heavy atom. The molecule has 1 atom stereocenters. The number of halogens is 4. The van der Waals surface area contributed by atoms with Gasteiger partial charge in [-0.1, -0.05) is 19.8 Å². The van der Waals surface area contributed by atoms with E-state index in [1.807, 2.05) is 6.92 Å². The molecular weight excluding hydrogens is 444 g/mol. The number of hydrogen-bond acceptors (Lipinski definition) is 2. The van der Waals surface area contributed by atoms with Crippen LogP contribution < -0.4 is 5.32 Å². The summed E-state index contributed by atoms with van der Waals surface area (Å²) in [6.45, 7) is 7.32. The predicted molar refractivity (Wildman–Crippen MR) is 107 cm³/mol. The molecule has 2 aliphatic rings. The summed E-state index contributed by atoms with van der Waals surface area (Å²) in [6.07, 6.45) is 0.643. The zero-order valence-electron chi connectivity index (χ0n) is 15.3. The molecule has 1 saturated heterocycles. The van der Waals surface area contributed by atoms with E-state index in [1.165, 1.54) is 17.7 Å². The summed E-state index contributed by atoms with van der Waals surface area (Å²) in [6, 6.07) is 0. The van der Waals surface area contributed by atoms with Crippen molar-refractivity contribution in [2.45, 2.75) is 45.7 Å². The van der Waals surface area contributed by atoms with Crippen LogP contribution in [0.15, 0.2) is 4.99 Å². The molecule has 0 bridgehead atoms. The molecule has 148 valence electrons. The third-order valence-electron chi connectivity index (χ3n) is 4.78. The van der Waals surface area contributed by atoms with Crippen molar-refractivity contribution in [1.29, 1.82) is 0 Å². The molecule has 0 aromatic carbocycles. The molecule has 0 radical (unpaired) electrons. The Morgan fingerprint density at radius 1 is 1.20 bits per heavy atom. The number of likely N-dealkylation sites (tertiary alicyclic amines) is 1. The Kier molecular flexibility index (Phi) is 9.84. The van der Waals surface area contributed by atoms with Crippen LogP contribution in [-0.4, -0.2) is 67.7 Å². The van der Waals surface area contributed by atoms with Gasteiger partial charge in [0.25, 0.3) is 0 Å². The molecule has 0 spiro atoms. The minimum absolute atomic E-state index is 0. The fourth-order valence-corrected chi connectivity index (χ4v) is 3.28. The SMILES string of the molecule is CCNC(=NCCC1CC1)N1CCC(CN(CC)CC(F)(F)F)C1.I. The molecule has 2 rings (SSSR count). The van der Waals surface area contributed by atoms with Gasteiger partial charge in [0, 0.05) is 32.7 Å². The van der Waals surface area contributed by atoms with Gasteiger partial charge in [-0.3, -0.25) is 9.89 Å². The van der Waals surface area contributed by atoms with Crippen LogP contribution in [0.1, 0.15) is 39.5 Å². The molecule has 8 heteroatoms. The van der Waals surface area contributed by atoms with Crippen LogP contribution in [0.5, 0.6) is 0 Å². The maximum Gasteiger partial charge on any atom is 0.401 e. The first-order valence-corrected chi connectivity index (χ1v) is 9.23. The first-order valence-electron chi connectivity index (χ1n) is 9.23. The van der Waals surface area contributed by atoms with E-state index in [9.17, 15) is 13.2 Å².